The molecule has 0 unspecified atom stereocenters. The molecule has 34 heavy (non-hydrogen) atoms. The molecule has 1 aromatic carbocycles. The van der Waals surface area contributed by atoms with E-state index in [0.29, 0.717) is 43.9 Å². The second-order valence-electron chi connectivity index (χ2n) is 9.58. The van der Waals surface area contributed by atoms with Gasteiger partial charge in [0, 0.05) is 32.0 Å². The first-order valence-electron chi connectivity index (χ1n) is 12.3. The fourth-order valence-electron chi connectivity index (χ4n) is 5.67. The first-order chi connectivity index (χ1) is 16.4. The Morgan fingerprint density at radius 3 is 2.26 bits per heavy atom. The number of rotatable bonds is 7. The summed E-state index contributed by atoms with van der Waals surface area (Å²) in [4.78, 5) is 55.6. The van der Waals surface area contributed by atoms with E-state index in [4.69, 9.17) is 9.47 Å². The number of carbonyl (C=O) groups excluding carboxylic acids is 4. The Morgan fingerprint density at radius 1 is 1.03 bits per heavy atom. The number of carbonyl (C=O) groups is 4. The SMILES string of the molecule is CCOC(=O)C1CCN(C(=O)C[C@]2(c3ccc(OC)cc3)CC(=O)N(C3CCCC3)C2=O)CC1. The highest BCUT2D eigenvalue weighted by atomic mass is 16.5. The van der Waals surface area contributed by atoms with Crippen molar-refractivity contribution in [3.8, 4) is 5.75 Å². The van der Waals surface area contributed by atoms with Crippen LogP contribution in [0.3, 0.4) is 0 Å². The molecule has 1 saturated carbocycles. The van der Waals surface area contributed by atoms with E-state index in [1.165, 1.54) is 4.90 Å². The van der Waals surface area contributed by atoms with Gasteiger partial charge in [0.2, 0.25) is 17.7 Å². The Balaban J connectivity index is 1.56. The van der Waals surface area contributed by atoms with Gasteiger partial charge in [-0.1, -0.05) is 25.0 Å². The fraction of sp³-hybridized carbons (Fsp3) is 0.615. The molecule has 1 atom stereocenters. The van der Waals surface area contributed by atoms with Gasteiger partial charge in [-0.3, -0.25) is 24.1 Å². The average molecular weight is 471 g/mol. The maximum absolute atomic E-state index is 13.9. The molecule has 0 N–H and O–H groups in total. The molecule has 8 nitrogen and oxygen atoms in total. The van der Waals surface area contributed by atoms with Crippen LogP contribution in [0.15, 0.2) is 24.3 Å². The van der Waals surface area contributed by atoms with Gasteiger partial charge in [0.25, 0.3) is 0 Å². The van der Waals surface area contributed by atoms with Crippen LogP contribution in [0.5, 0.6) is 5.75 Å². The summed E-state index contributed by atoms with van der Waals surface area (Å²) in [6.07, 6.45) is 4.69. The predicted octanol–water partition coefficient (Wildman–Crippen LogP) is 2.83. The number of amides is 3. The van der Waals surface area contributed by atoms with Gasteiger partial charge in [-0.05, 0) is 50.3 Å². The molecule has 1 aliphatic carbocycles. The van der Waals surface area contributed by atoms with Crippen molar-refractivity contribution >= 4 is 23.7 Å². The van der Waals surface area contributed by atoms with Crippen LogP contribution in [-0.4, -0.2) is 66.3 Å². The summed E-state index contributed by atoms with van der Waals surface area (Å²) in [7, 11) is 1.57. The molecule has 3 amide bonds. The lowest BCUT2D eigenvalue weighted by atomic mass is 9.75. The molecule has 4 rings (SSSR count). The third-order valence-electron chi connectivity index (χ3n) is 7.60. The number of hydrogen-bond donors (Lipinski definition) is 0. The molecule has 0 aromatic heterocycles. The minimum absolute atomic E-state index is 0.000304. The van der Waals surface area contributed by atoms with Gasteiger partial charge < -0.3 is 14.4 Å². The molecule has 0 bridgehead atoms. The summed E-state index contributed by atoms with van der Waals surface area (Å²) in [5.41, 5.74) is -0.539. The third kappa shape index (κ3) is 4.55. The first kappa shape index (κ1) is 24.2. The maximum atomic E-state index is 13.9. The van der Waals surface area contributed by atoms with E-state index in [1.54, 1.807) is 43.2 Å². The van der Waals surface area contributed by atoms with Crippen molar-refractivity contribution in [3.63, 3.8) is 0 Å². The van der Waals surface area contributed by atoms with Crippen molar-refractivity contribution in [2.45, 2.75) is 69.7 Å². The monoisotopic (exact) mass is 470 g/mol. The summed E-state index contributed by atoms with van der Waals surface area (Å²) in [5.74, 6) is -0.380. The number of piperidine rings is 1. The molecule has 1 aromatic rings. The van der Waals surface area contributed by atoms with Crippen LogP contribution in [0.1, 0.15) is 63.9 Å². The zero-order chi connectivity index (χ0) is 24.3. The number of esters is 1. The molecular formula is C26H34N2O6. The van der Waals surface area contributed by atoms with Crippen LogP contribution in [-0.2, 0) is 29.3 Å². The normalized spacial score (nSPS) is 24.1. The van der Waals surface area contributed by atoms with Gasteiger partial charge >= 0.3 is 5.97 Å². The predicted molar refractivity (Wildman–Crippen MR) is 124 cm³/mol. The van der Waals surface area contributed by atoms with Crippen molar-refractivity contribution in [2.75, 3.05) is 26.8 Å². The lowest BCUT2D eigenvalue weighted by molar-refractivity contribution is -0.151. The molecule has 3 fully saturated rings. The van der Waals surface area contributed by atoms with Crippen LogP contribution in [0.2, 0.25) is 0 Å². The van der Waals surface area contributed by atoms with Gasteiger partial charge in [-0.2, -0.15) is 0 Å². The summed E-state index contributed by atoms with van der Waals surface area (Å²) < 4.78 is 10.4. The van der Waals surface area contributed by atoms with Gasteiger partial charge in [-0.25, -0.2) is 0 Å². The van der Waals surface area contributed by atoms with Crippen LogP contribution in [0.4, 0.5) is 0 Å². The van der Waals surface area contributed by atoms with E-state index < -0.39 is 5.41 Å². The molecule has 184 valence electrons. The fourth-order valence-corrected chi connectivity index (χ4v) is 5.67. The molecular weight excluding hydrogens is 436 g/mol. The van der Waals surface area contributed by atoms with E-state index in [0.717, 1.165) is 25.7 Å². The van der Waals surface area contributed by atoms with Crippen molar-refractivity contribution in [1.29, 1.82) is 0 Å². The Bertz CT molecular complexity index is 931. The highest BCUT2D eigenvalue weighted by Gasteiger charge is 2.56. The second kappa shape index (κ2) is 10.2. The van der Waals surface area contributed by atoms with Crippen molar-refractivity contribution in [2.24, 2.45) is 5.92 Å². The number of likely N-dealkylation sites (tertiary alicyclic amines) is 2. The number of nitrogens with zero attached hydrogens (tertiary/aromatic N) is 2. The van der Waals surface area contributed by atoms with E-state index >= 15 is 0 Å². The maximum Gasteiger partial charge on any atom is 0.309 e. The van der Waals surface area contributed by atoms with Crippen molar-refractivity contribution in [3.05, 3.63) is 29.8 Å². The quantitative estimate of drug-likeness (QED) is 0.449. The average Bonchev–Trinajstić information content (AvgIpc) is 3.46. The Kier molecular flexibility index (Phi) is 7.24. The number of ether oxygens (including phenoxy) is 2. The summed E-state index contributed by atoms with van der Waals surface area (Å²) >= 11 is 0. The van der Waals surface area contributed by atoms with Gasteiger partial charge in [0.1, 0.15) is 5.75 Å². The Hall–Kier alpha value is -2.90. The van der Waals surface area contributed by atoms with E-state index in [-0.39, 0.29) is 48.5 Å². The third-order valence-corrected chi connectivity index (χ3v) is 7.60. The topological polar surface area (TPSA) is 93.2 Å². The summed E-state index contributed by atoms with van der Waals surface area (Å²) in [5, 5.41) is 0. The van der Waals surface area contributed by atoms with Crippen LogP contribution < -0.4 is 4.74 Å². The highest BCUT2D eigenvalue weighted by molar-refractivity contribution is 6.11. The molecule has 0 spiro atoms. The molecule has 8 heteroatoms. The molecule has 0 radical (unpaired) electrons. The van der Waals surface area contributed by atoms with E-state index in [2.05, 4.69) is 0 Å². The lowest BCUT2D eigenvalue weighted by Gasteiger charge is -2.34. The Labute approximate surface area is 200 Å². The number of hydrogen-bond acceptors (Lipinski definition) is 6. The zero-order valence-electron chi connectivity index (χ0n) is 20.1. The van der Waals surface area contributed by atoms with Crippen molar-refractivity contribution in [1.82, 2.24) is 9.80 Å². The largest absolute Gasteiger partial charge is 0.497 e. The molecule has 2 aliphatic heterocycles. The van der Waals surface area contributed by atoms with Crippen LogP contribution in [0.25, 0.3) is 0 Å². The molecule has 2 heterocycles. The minimum atomic E-state index is -1.21. The summed E-state index contributed by atoms with van der Waals surface area (Å²) in [6, 6.07) is 7.05. The van der Waals surface area contributed by atoms with Gasteiger partial charge in [-0.15, -0.1) is 0 Å². The zero-order valence-corrected chi connectivity index (χ0v) is 20.1. The van der Waals surface area contributed by atoms with Gasteiger partial charge in [0.05, 0.1) is 25.0 Å². The second-order valence-corrected chi connectivity index (χ2v) is 9.58. The van der Waals surface area contributed by atoms with Gasteiger partial charge in [0.15, 0.2) is 0 Å². The smallest absolute Gasteiger partial charge is 0.309 e. The molecule has 2 saturated heterocycles. The standard InChI is InChI=1S/C26H34N2O6/c1-3-34-24(31)18-12-14-27(15-13-18)22(29)16-26(19-8-10-21(33-2)11-9-19)17-23(30)28(25(26)32)20-6-4-5-7-20/h8-11,18,20H,3-7,12-17H2,1-2H3/t26-/m1/s1. The first-order valence-corrected chi connectivity index (χ1v) is 12.3. The van der Waals surface area contributed by atoms with Crippen LogP contribution in [0, 0.1) is 5.92 Å². The lowest BCUT2D eigenvalue weighted by Crippen LogP contribution is -2.47. The Morgan fingerprint density at radius 2 is 1.68 bits per heavy atom. The van der Waals surface area contributed by atoms with Crippen molar-refractivity contribution < 1.29 is 28.7 Å². The molecule has 3 aliphatic rings. The minimum Gasteiger partial charge on any atom is -0.497 e. The number of imide groups is 1. The van der Waals surface area contributed by atoms with E-state index in [9.17, 15) is 19.2 Å². The number of benzene rings is 1. The summed E-state index contributed by atoms with van der Waals surface area (Å²) in [6.45, 7) is 3.00. The number of methoxy groups -OCH3 is 1. The van der Waals surface area contributed by atoms with E-state index in [1.807, 2.05) is 0 Å². The van der Waals surface area contributed by atoms with Crippen LogP contribution >= 0.6 is 0 Å². The highest BCUT2D eigenvalue weighted by Crippen LogP contribution is 2.43.